The van der Waals surface area contributed by atoms with E-state index in [0.29, 0.717) is 19.5 Å². The van der Waals surface area contributed by atoms with Gasteiger partial charge in [0.2, 0.25) is 5.91 Å². The number of rotatable bonds is 7. The van der Waals surface area contributed by atoms with Crippen molar-refractivity contribution in [3.05, 3.63) is 35.6 Å². The van der Waals surface area contributed by atoms with Crippen LogP contribution in [-0.4, -0.2) is 12.5 Å². The lowest BCUT2D eigenvalue weighted by Gasteiger charge is -2.23. The molecule has 1 aromatic rings. The van der Waals surface area contributed by atoms with Crippen LogP contribution in [0.2, 0.25) is 0 Å². The van der Waals surface area contributed by atoms with E-state index in [2.05, 4.69) is 19.2 Å². The smallest absolute Gasteiger partial charge is 0.220 e. The second-order valence-electron chi connectivity index (χ2n) is 5.61. The van der Waals surface area contributed by atoms with Gasteiger partial charge in [0.25, 0.3) is 0 Å². The second-order valence-corrected chi connectivity index (χ2v) is 5.61. The molecule has 0 saturated heterocycles. The Kier molecular flexibility index (Phi) is 5.96. The topological polar surface area (TPSA) is 55.1 Å². The first-order chi connectivity index (χ1) is 8.93. The molecule has 0 spiro atoms. The van der Waals surface area contributed by atoms with Gasteiger partial charge in [0.15, 0.2) is 0 Å². The van der Waals surface area contributed by atoms with E-state index in [1.807, 2.05) is 0 Å². The van der Waals surface area contributed by atoms with Gasteiger partial charge in [-0.1, -0.05) is 26.0 Å². The monoisotopic (exact) mass is 266 g/mol. The van der Waals surface area contributed by atoms with Gasteiger partial charge >= 0.3 is 0 Å². The first-order valence-corrected chi connectivity index (χ1v) is 6.64. The molecular formula is C15H23FN2O. The maximum absolute atomic E-state index is 13.0. The molecule has 0 atom stereocenters. The quantitative estimate of drug-likeness (QED) is 0.797. The first-order valence-electron chi connectivity index (χ1n) is 6.64. The minimum absolute atomic E-state index is 0.00522. The van der Waals surface area contributed by atoms with Crippen molar-refractivity contribution in [1.29, 1.82) is 0 Å². The molecule has 1 amide bonds. The number of halogens is 1. The number of carbonyl (C=O) groups excluding carboxylic acids is 1. The Hall–Kier alpha value is -1.42. The van der Waals surface area contributed by atoms with Crippen LogP contribution in [0.3, 0.4) is 0 Å². The number of nitrogens with one attached hydrogen (secondary N) is 1. The summed E-state index contributed by atoms with van der Waals surface area (Å²) in [6.07, 6.45) is 2.19. The van der Waals surface area contributed by atoms with E-state index in [-0.39, 0.29) is 17.1 Å². The first kappa shape index (κ1) is 15.6. The second kappa shape index (κ2) is 7.24. The van der Waals surface area contributed by atoms with Crippen LogP contribution in [0.1, 0.15) is 38.7 Å². The minimum Gasteiger partial charge on any atom is -0.352 e. The van der Waals surface area contributed by atoms with Gasteiger partial charge in [0.1, 0.15) is 5.82 Å². The van der Waals surface area contributed by atoms with Crippen LogP contribution >= 0.6 is 0 Å². The molecule has 106 valence electrons. The van der Waals surface area contributed by atoms with Crippen LogP contribution in [-0.2, 0) is 11.3 Å². The van der Waals surface area contributed by atoms with Gasteiger partial charge in [-0.2, -0.15) is 0 Å². The maximum atomic E-state index is 13.0. The zero-order valence-corrected chi connectivity index (χ0v) is 11.7. The molecule has 0 aliphatic heterocycles. The molecule has 3 nitrogen and oxygen atoms in total. The molecule has 1 rings (SSSR count). The van der Waals surface area contributed by atoms with Crippen LogP contribution in [0.15, 0.2) is 24.3 Å². The van der Waals surface area contributed by atoms with Crippen molar-refractivity contribution in [3.8, 4) is 0 Å². The zero-order valence-electron chi connectivity index (χ0n) is 11.7. The summed E-state index contributed by atoms with van der Waals surface area (Å²) in [6.45, 7) is 5.23. The van der Waals surface area contributed by atoms with Crippen LogP contribution < -0.4 is 11.1 Å². The van der Waals surface area contributed by atoms with Crippen molar-refractivity contribution in [2.45, 2.75) is 39.7 Å². The van der Waals surface area contributed by atoms with Gasteiger partial charge in [-0.25, -0.2) is 4.39 Å². The van der Waals surface area contributed by atoms with Crippen molar-refractivity contribution in [2.75, 3.05) is 6.54 Å². The highest BCUT2D eigenvalue weighted by atomic mass is 19.1. The van der Waals surface area contributed by atoms with E-state index in [1.54, 1.807) is 12.1 Å². The fourth-order valence-corrected chi connectivity index (χ4v) is 1.90. The predicted molar refractivity (Wildman–Crippen MR) is 74.9 cm³/mol. The van der Waals surface area contributed by atoms with E-state index in [0.717, 1.165) is 18.4 Å². The highest BCUT2D eigenvalue weighted by molar-refractivity contribution is 5.75. The lowest BCUT2D eigenvalue weighted by atomic mass is 9.84. The van der Waals surface area contributed by atoms with Crippen molar-refractivity contribution in [3.63, 3.8) is 0 Å². The third-order valence-corrected chi connectivity index (χ3v) is 3.23. The van der Waals surface area contributed by atoms with Gasteiger partial charge in [-0.05, 0) is 42.5 Å². The molecule has 0 aliphatic rings. The summed E-state index contributed by atoms with van der Waals surface area (Å²) in [4.78, 5) is 11.7. The average molecular weight is 266 g/mol. The number of carbonyl (C=O) groups is 1. The largest absolute Gasteiger partial charge is 0.352 e. The fourth-order valence-electron chi connectivity index (χ4n) is 1.90. The van der Waals surface area contributed by atoms with Crippen molar-refractivity contribution in [1.82, 2.24) is 5.32 Å². The molecular weight excluding hydrogens is 243 g/mol. The number of hydrogen-bond donors (Lipinski definition) is 2. The van der Waals surface area contributed by atoms with Gasteiger partial charge < -0.3 is 11.1 Å². The SMILES string of the molecule is CC(C)(CCN)CCC(=O)NCc1cccc(F)c1. The van der Waals surface area contributed by atoms with Crippen LogP contribution in [0.5, 0.6) is 0 Å². The Morgan fingerprint density at radius 1 is 1.37 bits per heavy atom. The van der Waals surface area contributed by atoms with E-state index in [4.69, 9.17) is 5.73 Å². The lowest BCUT2D eigenvalue weighted by molar-refractivity contribution is -0.121. The number of hydrogen-bond acceptors (Lipinski definition) is 2. The van der Waals surface area contributed by atoms with E-state index >= 15 is 0 Å². The third kappa shape index (κ3) is 6.34. The molecule has 0 aromatic heterocycles. The Bertz CT molecular complexity index is 418. The fraction of sp³-hybridized carbons (Fsp3) is 0.533. The third-order valence-electron chi connectivity index (χ3n) is 3.23. The molecule has 0 aliphatic carbocycles. The summed E-state index contributed by atoms with van der Waals surface area (Å²) in [5.74, 6) is -0.287. The minimum atomic E-state index is -0.282. The molecule has 0 bridgehead atoms. The number of amides is 1. The van der Waals surface area contributed by atoms with E-state index < -0.39 is 0 Å². The molecule has 19 heavy (non-hydrogen) atoms. The van der Waals surface area contributed by atoms with Gasteiger partial charge in [-0.3, -0.25) is 4.79 Å². The highest BCUT2D eigenvalue weighted by Crippen LogP contribution is 2.25. The summed E-state index contributed by atoms with van der Waals surface area (Å²) in [6, 6.07) is 6.25. The Labute approximate surface area is 114 Å². The molecule has 0 fully saturated rings. The van der Waals surface area contributed by atoms with Crippen LogP contribution in [0.4, 0.5) is 4.39 Å². The van der Waals surface area contributed by atoms with E-state index in [9.17, 15) is 9.18 Å². The molecule has 0 saturated carbocycles. The van der Waals surface area contributed by atoms with Crippen molar-refractivity contribution >= 4 is 5.91 Å². The molecule has 3 N–H and O–H groups in total. The molecule has 0 unspecified atom stereocenters. The van der Waals surface area contributed by atoms with Crippen LogP contribution in [0, 0.1) is 11.2 Å². The summed E-state index contributed by atoms with van der Waals surface area (Å²) in [5, 5.41) is 2.80. The maximum Gasteiger partial charge on any atom is 0.220 e. The summed E-state index contributed by atoms with van der Waals surface area (Å²) < 4.78 is 13.0. The zero-order chi connectivity index (χ0) is 14.3. The van der Waals surface area contributed by atoms with Crippen molar-refractivity contribution < 1.29 is 9.18 Å². The molecule has 0 heterocycles. The average Bonchev–Trinajstić information content (AvgIpc) is 2.34. The van der Waals surface area contributed by atoms with Gasteiger partial charge in [0, 0.05) is 13.0 Å². The Morgan fingerprint density at radius 3 is 2.74 bits per heavy atom. The predicted octanol–water partition coefficient (Wildman–Crippen LogP) is 2.60. The summed E-state index contributed by atoms with van der Waals surface area (Å²) in [7, 11) is 0. The number of nitrogens with two attached hydrogens (primary N) is 1. The molecule has 0 radical (unpaired) electrons. The van der Waals surface area contributed by atoms with Gasteiger partial charge in [-0.15, -0.1) is 0 Å². The normalized spacial score (nSPS) is 11.4. The van der Waals surface area contributed by atoms with E-state index in [1.165, 1.54) is 12.1 Å². The highest BCUT2D eigenvalue weighted by Gasteiger charge is 2.18. The Morgan fingerprint density at radius 2 is 2.11 bits per heavy atom. The standard InChI is InChI=1S/C15H23FN2O/c1-15(2,8-9-17)7-6-14(19)18-11-12-4-3-5-13(16)10-12/h3-5,10H,6-9,11,17H2,1-2H3,(H,18,19). The number of benzene rings is 1. The lowest BCUT2D eigenvalue weighted by Crippen LogP contribution is -2.25. The van der Waals surface area contributed by atoms with Crippen LogP contribution in [0.25, 0.3) is 0 Å². The Balaban J connectivity index is 2.32. The van der Waals surface area contributed by atoms with Gasteiger partial charge in [0.05, 0.1) is 0 Å². The summed E-state index contributed by atoms with van der Waals surface area (Å²) in [5.41, 5.74) is 6.39. The summed E-state index contributed by atoms with van der Waals surface area (Å²) >= 11 is 0. The van der Waals surface area contributed by atoms with Crippen molar-refractivity contribution in [2.24, 2.45) is 11.1 Å². The molecule has 4 heteroatoms. The molecule has 1 aromatic carbocycles.